The average Bonchev–Trinajstić information content (AvgIpc) is 2.79. The van der Waals surface area contributed by atoms with Gasteiger partial charge in [-0.2, -0.15) is 4.98 Å². The van der Waals surface area contributed by atoms with Gasteiger partial charge >= 0.3 is 13.5 Å². The standard InChI is InChI=1S/C11H16F2N3O7P/c1-21-24(19,20)22-5-11(4-12)8(17)7(13)9(23-11)16-3-2-6(14)15-10(16)18/h2-3,7-9,17H,4-5H2,1H3,(H,19,20)(H2,14,15,18). The maximum Gasteiger partial charge on any atom is 0.472 e. The summed E-state index contributed by atoms with van der Waals surface area (Å²) < 4.78 is 53.6. The third-order valence-electron chi connectivity index (χ3n) is 3.52. The van der Waals surface area contributed by atoms with E-state index in [1.54, 1.807) is 0 Å². The average molecular weight is 371 g/mol. The lowest BCUT2D eigenvalue weighted by molar-refractivity contribution is -0.136. The Hall–Kier alpha value is -1.43. The van der Waals surface area contributed by atoms with Crippen molar-refractivity contribution in [2.24, 2.45) is 0 Å². The van der Waals surface area contributed by atoms with Crippen LogP contribution in [0.15, 0.2) is 17.1 Å². The summed E-state index contributed by atoms with van der Waals surface area (Å²) in [6.07, 6.45) is -4.96. The van der Waals surface area contributed by atoms with Crippen LogP contribution in [0.25, 0.3) is 0 Å². The molecule has 10 nitrogen and oxygen atoms in total. The molecule has 1 fully saturated rings. The number of rotatable bonds is 6. The van der Waals surface area contributed by atoms with Gasteiger partial charge in [0.15, 0.2) is 18.0 Å². The molecule has 5 atom stereocenters. The van der Waals surface area contributed by atoms with E-state index in [0.717, 1.165) is 13.3 Å². The summed E-state index contributed by atoms with van der Waals surface area (Å²) in [4.78, 5) is 24.3. The van der Waals surface area contributed by atoms with Crippen molar-refractivity contribution in [1.82, 2.24) is 9.55 Å². The topological polar surface area (TPSA) is 146 Å². The minimum absolute atomic E-state index is 0.119. The Morgan fingerprint density at radius 1 is 1.62 bits per heavy atom. The van der Waals surface area contributed by atoms with Crippen molar-refractivity contribution in [1.29, 1.82) is 0 Å². The van der Waals surface area contributed by atoms with Crippen molar-refractivity contribution < 1.29 is 37.1 Å². The number of halogens is 2. The maximum absolute atomic E-state index is 14.4. The molecule has 0 aromatic carbocycles. The minimum atomic E-state index is -4.51. The van der Waals surface area contributed by atoms with Gasteiger partial charge in [0.05, 0.1) is 6.61 Å². The summed E-state index contributed by atoms with van der Waals surface area (Å²) in [6.45, 7) is -2.44. The molecule has 0 amide bonds. The second kappa shape index (κ2) is 6.82. The number of alkyl halides is 2. The van der Waals surface area contributed by atoms with E-state index in [4.69, 9.17) is 10.5 Å². The normalized spacial score (nSPS) is 32.6. The third-order valence-corrected chi connectivity index (χ3v) is 4.44. The molecule has 0 bridgehead atoms. The number of aromatic nitrogens is 2. The fraction of sp³-hybridized carbons (Fsp3) is 0.636. The summed E-state index contributed by atoms with van der Waals surface area (Å²) in [5.41, 5.74) is 2.04. The first kappa shape index (κ1) is 18.9. The fourth-order valence-corrected chi connectivity index (χ4v) is 2.65. The van der Waals surface area contributed by atoms with E-state index in [1.165, 1.54) is 6.07 Å². The molecule has 0 radical (unpaired) electrons. The van der Waals surface area contributed by atoms with Crippen LogP contribution >= 0.6 is 7.82 Å². The summed E-state index contributed by atoms with van der Waals surface area (Å²) in [6, 6.07) is 1.18. The molecule has 0 aliphatic carbocycles. The lowest BCUT2D eigenvalue weighted by Gasteiger charge is -2.28. The number of aliphatic hydroxyl groups excluding tert-OH is 1. The van der Waals surface area contributed by atoms with Gasteiger partial charge in [0.1, 0.15) is 18.6 Å². The highest BCUT2D eigenvalue weighted by atomic mass is 31.2. The molecule has 24 heavy (non-hydrogen) atoms. The van der Waals surface area contributed by atoms with Gasteiger partial charge in [0.25, 0.3) is 0 Å². The highest BCUT2D eigenvalue weighted by Crippen LogP contribution is 2.46. The van der Waals surface area contributed by atoms with Crippen molar-refractivity contribution in [3.05, 3.63) is 22.7 Å². The molecule has 0 saturated carbocycles. The first-order chi connectivity index (χ1) is 11.2. The van der Waals surface area contributed by atoms with E-state index >= 15 is 0 Å². The lowest BCUT2D eigenvalue weighted by Crippen LogP contribution is -2.48. The van der Waals surface area contributed by atoms with Gasteiger partial charge in [-0.05, 0) is 6.07 Å². The van der Waals surface area contributed by atoms with Crippen molar-refractivity contribution >= 4 is 13.6 Å². The number of phosphoric ester groups is 1. The number of anilines is 1. The number of nitrogens with zero attached hydrogens (tertiary/aromatic N) is 2. The van der Waals surface area contributed by atoms with Crippen LogP contribution in [0.2, 0.25) is 0 Å². The molecule has 13 heteroatoms. The zero-order chi connectivity index (χ0) is 18.1. The Morgan fingerprint density at radius 3 is 2.83 bits per heavy atom. The van der Waals surface area contributed by atoms with Crippen LogP contribution in [0, 0.1) is 0 Å². The van der Waals surface area contributed by atoms with Gasteiger partial charge in [-0.25, -0.2) is 18.1 Å². The van der Waals surface area contributed by atoms with Crippen molar-refractivity contribution in [3.63, 3.8) is 0 Å². The van der Waals surface area contributed by atoms with E-state index in [1.807, 2.05) is 0 Å². The SMILES string of the molecule is COP(=O)(O)OCC1(CF)OC(n2ccc(N)nc2=O)C(F)C1O. The summed E-state index contributed by atoms with van der Waals surface area (Å²) >= 11 is 0. The quantitative estimate of drug-likeness (QED) is 0.565. The Balaban J connectivity index is 2.29. The molecule has 2 rings (SSSR count). The van der Waals surface area contributed by atoms with Crippen LogP contribution in [0.3, 0.4) is 0 Å². The highest BCUT2D eigenvalue weighted by molar-refractivity contribution is 7.47. The molecule has 1 aromatic heterocycles. The molecule has 4 N–H and O–H groups in total. The summed E-state index contributed by atoms with van der Waals surface area (Å²) in [5.74, 6) is -0.119. The van der Waals surface area contributed by atoms with Crippen LogP contribution < -0.4 is 11.4 Å². The van der Waals surface area contributed by atoms with E-state index in [2.05, 4.69) is 14.0 Å². The Labute approximate surface area is 134 Å². The molecule has 2 heterocycles. The van der Waals surface area contributed by atoms with E-state index in [-0.39, 0.29) is 5.82 Å². The van der Waals surface area contributed by atoms with E-state index < -0.39 is 50.9 Å². The number of hydrogen-bond acceptors (Lipinski definition) is 8. The number of nitrogen functional groups attached to an aromatic ring is 1. The second-order valence-electron chi connectivity index (χ2n) is 5.06. The third kappa shape index (κ3) is 3.48. The molecular weight excluding hydrogens is 355 g/mol. The van der Waals surface area contributed by atoms with Gasteiger partial charge in [0, 0.05) is 13.3 Å². The molecule has 1 aromatic rings. The Bertz CT molecular complexity index is 704. The zero-order valence-corrected chi connectivity index (χ0v) is 13.3. The van der Waals surface area contributed by atoms with E-state index in [0.29, 0.717) is 4.57 Å². The number of ether oxygens (including phenoxy) is 1. The summed E-state index contributed by atoms with van der Waals surface area (Å²) in [7, 11) is -3.64. The smallest absolute Gasteiger partial charge is 0.387 e. The van der Waals surface area contributed by atoms with Crippen LogP contribution in [-0.2, 0) is 18.3 Å². The van der Waals surface area contributed by atoms with Gasteiger partial charge in [-0.1, -0.05) is 0 Å². The second-order valence-corrected chi connectivity index (χ2v) is 6.62. The molecule has 1 aliphatic rings. The van der Waals surface area contributed by atoms with Crippen molar-refractivity contribution in [2.45, 2.75) is 24.1 Å². The summed E-state index contributed by atoms with van der Waals surface area (Å²) in [5, 5.41) is 9.96. The first-order valence-corrected chi connectivity index (χ1v) is 8.09. The highest BCUT2D eigenvalue weighted by Gasteiger charge is 2.57. The maximum atomic E-state index is 14.4. The van der Waals surface area contributed by atoms with Gasteiger partial charge < -0.3 is 20.5 Å². The minimum Gasteiger partial charge on any atom is -0.387 e. The zero-order valence-electron chi connectivity index (χ0n) is 12.4. The molecule has 1 aliphatic heterocycles. The fourth-order valence-electron chi connectivity index (χ4n) is 2.16. The molecule has 5 unspecified atom stereocenters. The van der Waals surface area contributed by atoms with Crippen LogP contribution in [0.1, 0.15) is 6.23 Å². The van der Waals surface area contributed by atoms with Gasteiger partial charge in [0.2, 0.25) is 0 Å². The predicted molar refractivity (Wildman–Crippen MR) is 75.4 cm³/mol. The monoisotopic (exact) mass is 371 g/mol. The Kier molecular flexibility index (Phi) is 5.37. The number of phosphoric acid groups is 1. The van der Waals surface area contributed by atoms with E-state index in [9.17, 15) is 28.1 Å². The predicted octanol–water partition coefficient (Wildman–Crippen LogP) is -0.475. The van der Waals surface area contributed by atoms with Crippen molar-refractivity contribution in [2.75, 3.05) is 26.1 Å². The number of hydrogen-bond donors (Lipinski definition) is 3. The first-order valence-electron chi connectivity index (χ1n) is 6.59. The van der Waals surface area contributed by atoms with Crippen molar-refractivity contribution in [3.8, 4) is 0 Å². The van der Waals surface area contributed by atoms with Crippen LogP contribution in [-0.4, -0.2) is 57.8 Å². The number of nitrogens with two attached hydrogens (primary N) is 1. The molecular formula is C11H16F2N3O7P. The van der Waals surface area contributed by atoms with Crippen LogP contribution in [0.5, 0.6) is 0 Å². The largest absolute Gasteiger partial charge is 0.472 e. The number of aliphatic hydroxyl groups is 1. The molecule has 0 spiro atoms. The van der Waals surface area contributed by atoms with Gasteiger partial charge in [-0.15, -0.1) is 0 Å². The van der Waals surface area contributed by atoms with Crippen LogP contribution in [0.4, 0.5) is 14.6 Å². The van der Waals surface area contributed by atoms with Gasteiger partial charge in [-0.3, -0.25) is 13.6 Å². The molecule has 136 valence electrons. The lowest BCUT2D eigenvalue weighted by atomic mass is 9.98. The molecule has 1 saturated heterocycles. The Morgan fingerprint density at radius 2 is 2.29 bits per heavy atom.